The van der Waals surface area contributed by atoms with E-state index in [4.69, 9.17) is 21.7 Å². The van der Waals surface area contributed by atoms with Gasteiger partial charge in [-0.05, 0) is 61.5 Å². The second-order valence-electron chi connectivity index (χ2n) is 7.70. The summed E-state index contributed by atoms with van der Waals surface area (Å²) in [4.78, 5) is 13.9. The number of rotatable bonds is 8. The number of thiophene rings is 1. The fraction of sp³-hybridized carbons (Fsp3) is 0.143. The van der Waals surface area contributed by atoms with E-state index >= 15 is 0 Å². The average molecular weight is 503 g/mol. The molecule has 4 rings (SSSR count). The Morgan fingerprint density at radius 3 is 2.23 bits per heavy atom. The number of carbonyl (C=O) groups excluding carboxylic acids is 1. The van der Waals surface area contributed by atoms with Crippen molar-refractivity contribution in [3.63, 3.8) is 0 Å². The zero-order valence-electron chi connectivity index (χ0n) is 19.5. The van der Waals surface area contributed by atoms with Gasteiger partial charge in [0.1, 0.15) is 22.9 Å². The van der Waals surface area contributed by atoms with Crippen molar-refractivity contribution in [2.75, 3.05) is 17.2 Å². The van der Waals surface area contributed by atoms with Crippen LogP contribution in [0.25, 0.3) is 11.1 Å². The number of nitrogens with one attached hydrogen (secondary N) is 2. The number of aryl methyl sites for hydroxylation is 1. The van der Waals surface area contributed by atoms with Crippen LogP contribution in [0.2, 0.25) is 0 Å². The lowest BCUT2D eigenvalue weighted by Crippen LogP contribution is -2.20. The molecule has 0 unspecified atom stereocenters. The van der Waals surface area contributed by atoms with E-state index in [-0.39, 0.29) is 5.97 Å². The number of ether oxygens (including phenoxy) is 2. The van der Waals surface area contributed by atoms with Gasteiger partial charge in [-0.3, -0.25) is 0 Å². The van der Waals surface area contributed by atoms with Gasteiger partial charge in [-0.2, -0.15) is 0 Å². The summed E-state index contributed by atoms with van der Waals surface area (Å²) in [5.41, 5.74) is 4.23. The fourth-order valence-electron chi connectivity index (χ4n) is 3.62. The van der Waals surface area contributed by atoms with Crippen molar-refractivity contribution >= 4 is 45.3 Å². The third-order valence-corrected chi connectivity index (χ3v) is 6.44. The van der Waals surface area contributed by atoms with Gasteiger partial charge in [0.05, 0.1) is 6.61 Å². The molecule has 0 saturated carbocycles. The van der Waals surface area contributed by atoms with Crippen LogP contribution in [-0.4, -0.2) is 17.7 Å². The summed E-state index contributed by atoms with van der Waals surface area (Å²) in [6.45, 7) is 4.59. The molecule has 1 heterocycles. The number of benzene rings is 3. The van der Waals surface area contributed by atoms with Crippen LogP contribution in [-0.2, 0) is 11.3 Å². The standard InChI is InChI=1S/C28H26N2O3S2/c1-3-32-27(31)25-24(21-12-8-5-9-13-21)19(2)35-26(25)30-28(34)29-22-14-16-23(17-15-22)33-18-20-10-6-4-7-11-20/h4-17H,3,18H2,1-2H3,(H2,29,30,34). The number of hydrogen-bond acceptors (Lipinski definition) is 5. The molecule has 5 nitrogen and oxygen atoms in total. The highest BCUT2D eigenvalue weighted by atomic mass is 32.1. The molecule has 4 aromatic rings. The first kappa shape index (κ1) is 24.4. The normalized spacial score (nSPS) is 10.5. The highest BCUT2D eigenvalue weighted by Crippen LogP contribution is 2.40. The van der Waals surface area contributed by atoms with E-state index in [1.165, 1.54) is 11.3 Å². The zero-order valence-corrected chi connectivity index (χ0v) is 21.2. The van der Waals surface area contributed by atoms with Crippen molar-refractivity contribution in [1.29, 1.82) is 0 Å². The van der Waals surface area contributed by atoms with Crippen molar-refractivity contribution in [2.45, 2.75) is 20.5 Å². The van der Waals surface area contributed by atoms with Gasteiger partial charge in [0.25, 0.3) is 0 Å². The Balaban J connectivity index is 1.46. The van der Waals surface area contributed by atoms with E-state index in [1.54, 1.807) is 6.92 Å². The highest BCUT2D eigenvalue weighted by Gasteiger charge is 2.24. The van der Waals surface area contributed by atoms with Gasteiger partial charge in [-0.25, -0.2) is 4.79 Å². The molecule has 0 radical (unpaired) electrons. The molecule has 35 heavy (non-hydrogen) atoms. The Bertz CT molecular complexity index is 1290. The predicted octanol–water partition coefficient (Wildman–Crippen LogP) is 7.29. The molecule has 0 amide bonds. The summed E-state index contributed by atoms with van der Waals surface area (Å²) in [7, 11) is 0. The predicted molar refractivity (Wildman–Crippen MR) is 148 cm³/mol. The van der Waals surface area contributed by atoms with Gasteiger partial charge in [0.15, 0.2) is 5.11 Å². The summed E-state index contributed by atoms with van der Waals surface area (Å²) in [6, 6.07) is 27.4. The van der Waals surface area contributed by atoms with E-state index in [2.05, 4.69) is 10.6 Å². The summed E-state index contributed by atoms with van der Waals surface area (Å²) < 4.78 is 11.2. The first-order valence-electron chi connectivity index (χ1n) is 11.3. The molecule has 0 aliphatic heterocycles. The summed E-state index contributed by atoms with van der Waals surface area (Å²) in [6.07, 6.45) is 0. The van der Waals surface area contributed by atoms with Gasteiger partial charge in [0.2, 0.25) is 0 Å². The van der Waals surface area contributed by atoms with E-state index in [1.807, 2.05) is 91.9 Å². The highest BCUT2D eigenvalue weighted by molar-refractivity contribution is 7.80. The van der Waals surface area contributed by atoms with Gasteiger partial charge >= 0.3 is 5.97 Å². The maximum absolute atomic E-state index is 12.9. The molecule has 0 aliphatic rings. The van der Waals surface area contributed by atoms with E-state index in [0.29, 0.717) is 28.9 Å². The molecule has 0 aliphatic carbocycles. The molecule has 7 heteroatoms. The van der Waals surface area contributed by atoms with Crippen molar-refractivity contribution in [3.05, 3.63) is 101 Å². The maximum Gasteiger partial charge on any atom is 0.341 e. The Labute approximate surface area is 214 Å². The van der Waals surface area contributed by atoms with Crippen molar-refractivity contribution < 1.29 is 14.3 Å². The lowest BCUT2D eigenvalue weighted by Gasteiger charge is -2.12. The molecule has 2 N–H and O–H groups in total. The largest absolute Gasteiger partial charge is 0.489 e. The SMILES string of the molecule is CCOC(=O)c1c(NC(=S)Nc2ccc(OCc3ccccc3)cc2)sc(C)c1-c1ccccc1. The van der Waals surface area contributed by atoms with Crippen molar-refractivity contribution in [3.8, 4) is 16.9 Å². The average Bonchev–Trinajstić information content (AvgIpc) is 3.20. The number of anilines is 2. The third kappa shape index (κ3) is 6.26. The Kier molecular flexibility index (Phi) is 8.13. The van der Waals surface area contributed by atoms with Gasteiger partial charge < -0.3 is 20.1 Å². The number of esters is 1. The van der Waals surface area contributed by atoms with Crippen LogP contribution in [0.3, 0.4) is 0 Å². The molecule has 0 atom stereocenters. The zero-order chi connectivity index (χ0) is 24.6. The Morgan fingerprint density at radius 2 is 1.57 bits per heavy atom. The van der Waals surface area contributed by atoms with Crippen LogP contribution >= 0.6 is 23.6 Å². The number of hydrogen-bond donors (Lipinski definition) is 2. The second kappa shape index (κ2) is 11.6. The molecular formula is C28H26N2O3S2. The van der Waals surface area contributed by atoms with Gasteiger partial charge in [0, 0.05) is 16.1 Å². The van der Waals surface area contributed by atoms with Crippen LogP contribution in [0.1, 0.15) is 27.7 Å². The van der Waals surface area contributed by atoms with Gasteiger partial charge in [-0.1, -0.05) is 60.7 Å². The van der Waals surface area contributed by atoms with Crippen LogP contribution < -0.4 is 15.4 Å². The first-order chi connectivity index (χ1) is 17.0. The fourth-order valence-corrected chi connectivity index (χ4v) is 4.98. The quantitative estimate of drug-likeness (QED) is 0.195. The third-order valence-electron chi connectivity index (χ3n) is 5.21. The molecule has 0 spiro atoms. The summed E-state index contributed by atoms with van der Waals surface area (Å²) in [5.74, 6) is 0.394. The molecule has 1 aromatic heterocycles. The van der Waals surface area contributed by atoms with Crippen LogP contribution in [0.15, 0.2) is 84.9 Å². The minimum atomic E-state index is -0.374. The molecule has 178 valence electrons. The lowest BCUT2D eigenvalue weighted by atomic mass is 10.0. The van der Waals surface area contributed by atoms with E-state index in [9.17, 15) is 4.79 Å². The topological polar surface area (TPSA) is 59.6 Å². The van der Waals surface area contributed by atoms with Crippen molar-refractivity contribution in [2.24, 2.45) is 0 Å². The molecular weight excluding hydrogens is 476 g/mol. The number of thiocarbonyl (C=S) groups is 1. The summed E-state index contributed by atoms with van der Waals surface area (Å²) in [5, 5.41) is 7.41. The number of carbonyl (C=O) groups is 1. The minimum absolute atomic E-state index is 0.294. The van der Waals surface area contributed by atoms with Crippen LogP contribution in [0, 0.1) is 6.92 Å². The smallest absolute Gasteiger partial charge is 0.341 e. The maximum atomic E-state index is 12.9. The monoisotopic (exact) mass is 502 g/mol. The molecule has 3 aromatic carbocycles. The first-order valence-corrected chi connectivity index (χ1v) is 12.5. The van der Waals surface area contributed by atoms with Crippen molar-refractivity contribution in [1.82, 2.24) is 0 Å². The molecule has 0 fully saturated rings. The molecule has 0 saturated heterocycles. The Hall–Kier alpha value is -3.68. The lowest BCUT2D eigenvalue weighted by molar-refractivity contribution is 0.0529. The second-order valence-corrected chi connectivity index (χ2v) is 9.33. The summed E-state index contributed by atoms with van der Waals surface area (Å²) >= 11 is 7.02. The molecule has 0 bridgehead atoms. The minimum Gasteiger partial charge on any atom is -0.489 e. The van der Waals surface area contributed by atoms with Crippen LogP contribution in [0.5, 0.6) is 5.75 Å². The Morgan fingerprint density at radius 1 is 0.914 bits per heavy atom. The van der Waals surface area contributed by atoms with E-state index in [0.717, 1.165) is 33.0 Å². The van der Waals surface area contributed by atoms with Gasteiger partial charge in [-0.15, -0.1) is 11.3 Å². The van der Waals surface area contributed by atoms with Crippen LogP contribution in [0.4, 0.5) is 10.7 Å². The van der Waals surface area contributed by atoms with E-state index < -0.39 is 0 Å².